The van der Waals surface area contributed by atoms with E-state index in [-0.39, 0.29) is 17.4 Å². The SMILES string of the molecule is CCCOc1ccc(/C=C2\C(=O)NC(=O)N(c3cc4c5c(c3)[C@H](c3ccccc3)CCN5CC[C@@H]4c3ccccc3)C2=O)cc1Cl. The standard InChI is InChI=1S/C38H34ClN3O4/c1-2-19-46-34-14-13-24(21-33(34)39)20-32-36(43)40-38(45)42(37(32)44)27-22-30-28(25-9-5-3-6-10-25)15-17-41-18-16-29(31(23-27)35(30)41)26-11-7-4-8-12-26/h3-14,20-23,28-29H,2,15-19H2,1H3,(H,40,43,45)/b32-20+/t28-,29+. The molecule has 46 heavy (non-hydrogen) atoms. The first kappa shape index (κ1) is 29.8. The van der Waals surface area contributed by atoms with Gasteiger partial charge in [0, 0.05) is 30.6 Å². The maximum absolute atomic E-state index is 14.1. The van der Waals surface area contributed by atoms with Gasteiger partial charge in [-0.2, -0.15) is 0 Å². The Kier molecular flexibility index (Phi) is 8.09. The molecule has 8 heteroatoms. The van der Waals surface area contributed by atoms with Gasteiger partial charge in [-0.3, -0.25) is 14.9 Å². The molecule has 232 valence electrons. The van der Waals surface area contributed by atoms with Gasteiger partial charge in [-0.25, -0.2) is 9.69 Å². The lowest BCUT2D eigenvalue weighted by Gasteiger charge is -2.44. The molecule has 0 spiro atoms. The number of nitrogens with zero attached hydrogens (tertiary/aromatic N) is 2. The number of hydrogen-bond acceptors (Lipinski definition) is 5. The summed E-state index contributed by atoms with van der Waals surface area (Å²) in [5.74, 6) is -0.713. The highest BCUT2D eigenvalue weighted by atomic mass is 35.5. The van der Waals surface area contributed by atoms with E-state index in [0.717, 1.165) is 48.4 Å². The molecule has 0 bridgehead atoms. The maximum atomic E-state index is 14.1. The zero-order valence-electron chi connectivity index (χ0n) is 25.5. The van der Waals surface area contributed by atoms with E-state index in [2.05, 4.69) is 34.5 Å². The number of carbonyl (C=O) groups excluding carboxylic acids is 3. The fourth-order valence-electron chi connectivity index (χ4n) is 6.96. The quantitative estimate of drug-likeness (QED) is 0.167. The summed E-state index contributed by atoms with van der Waals surface area (Å²) in [5.41, 5.74) is 6.58. The Hall–Kier alpha value is -4.88. The number of imide groups is 2. The minimum Gasteiger partial charge on any atom is -0.492 e. The number of benzene rings is 4. The third-order valence-corrected chi connectivity index (χ3v) is 9.38. The summed E-state index contributed by atoms with van der Waals surface area (Å²) >= 11 is 6.44. The molecule has 0 aliphatic carbocycles. The molecule has 3 aliphatic rings. The van der Waals surface area contributed by atoms with Crippen LogP contribution in [0, 0.1) is 0 Å². The summed E-state index contributed by atoms with van der Waals surface area (Å²) in [7, 11) is 0. The Morgan fingerprint density at radius 2 is 1.46 bits per heavy atom. The second kappa shape index (κ2) is 12.5. The van der Waals surface area contributed by atoms with Crippen molar-refractivity contribution in [3.8, 4) is 5.75 Å². The third kappa shape index (κ3) is 5.45. The summed E-state index contributed by atoms with van der Waals surface area (Å²) in [5, 5.41) is 2.77. The molecule has 2 atom stereocenters. The molecule has 7 rings (SSSR count). The normalized spacial score (nSPS) is 20.0. The number of hydrogen-bond donors (Lipinski definition) is 1. The molecular weight excluding hydrogens is 598 g/mol. The van der Waals surface area contributed by atoms with Crippen LogP contribution in [0.4, 0.5) is 16.2 Å². The van der Waals surface area contributed by atoms with E-state index in [4.69, 9.17) is 16.3 Å². The molecule has 4 aromatic carbocycles. The van der Waals surface area contributed by atoms with Crippen LogP contribution in [0.25, 0.3) is 6.08 Å². The minimum absolute atomic E-state index is 0.0934. The van der Waals surface area contributed by atoms with Crippen molar-refractivity contribution in [2.75, 3.05) is 29.5 Å². The molecule has 1 fully saturated rings. The van der Waals surface area contributed by atoms with Crippen LogP contribution in [-0.2, 0) is 9.59 Å². The van der Waals surface area contributed by atoms with Crippen LogP contribution in [-0.4, -0.2) is 37.5 Å². The minimum atomic E-state index is -0.767. The van der Waals surface area contributed by atoms with E-state index in [1.54, 1.807) is 18.2 Å². The predicted molar refractivity (Wildman–Crippen MR) is 181 cm³/mol. The number of anilines is 2. The summed E-state index contributed by atoms with van der Waals surface area (Å²) in [6.45, 7) is 4.38. The number of rotatable bonds is 7. The van der Waals surface area contributed by atoms with Gasteiger partial charge in [0.2, 0.25) is 0 Å². The van der Waals surface area contributed by atoms with Gasteiger partial charge in [0.25, 0.3) is 11.8 Å². The van der Waals surface area contributed by atoms with Gasteiger partial charge in [-0.15, -0.1) is 0 Å². The zero-order valence-corrected chi connectivity index (χ0v) is 26.3. The van der Waals surface area contributed by atoms with Crippen molar-refractivity contribution >= 4 is 46.9 Å². The van der Waals surface area contributed by atoms with Gasteiger partial charge in [-0.1, -0.05) is 85.3 Å². The highest BCUT2D eigenvalue weighted by molar-refractivity contribution is 6.39. The summed E-state index contributed by atoms with van der Waals surface area (Å²) in [4.78, 5) is 44.2. The van der Waals surface area contributed by atoms with E-state index in [0.29, 0.717) is 28.6 Å². The van der Waals surface area contributed by atoms with Crippen molar-refractivity contribution in [1.82, 2.24) is 5.32 Å². The molecule has 3 aliphatic heterocycles. The average molecular weight is 632 g/mol. The van der Waals surface area contributed by atoms with Gasteiger partial charge < -0.3 is 9.64 Å². The molecule has 0 unspecified atom stereocenters. The molecule has 4 aromatic rings. The maximum Gasteiger partial charge on any atom is 0.335 e. The highest BCUT2D eigenvalue weighted by Gasteiger charge is 2.40. The smallest absolute Gasteiger partial charge is 0.335 e. The molecule has 0 radical (unpaired) electrons. The van der Waals surface area contributed by atoms with Crippen LogP contribution in [0.3, 0.4) is 0 Å². The highest BCUT2D eigenvalue weighted by Crippen LogP contribution is 2.50. The lowest BCUT2D eigenvalue weighted by Crippen LogP contribution is -2.54. The van der Waals surface area contributed by atoms with Crippen LogP contribution >= 0.6 is 11.6 Å². The van der Waals surface area contributed by atoms with Crippen molar-refractivity contribution in [3.63, 3.8) is 0 Å². The number of carbonyl (C=O) groups is 3. The second-order valence-corrected chi connectivity index (χ2v) is 12.4. The largest absolute Gasteiger partial charge is 0.492 e. The van der Waals surface area contributed by atoms with E-state index >= 15 is 0 Å². The fraction of sp³-hybridized carbons (Fsp3) is 0.237. The molecule has 1 N–H and O–H groups in total. The molecule has 0 saturated carbocycles. The van der Waals surface area contributed by atoms with Gasteiger partial charge in [0.15, 0.2) is 0 Å². The monoisotopic (exact) mass is 631 g/mol. The van der Waals surface area contributed by atoms with Crippen molar-refractivity contribution in [1.29, 1.82) is 0 Å². The van der Waals surface area contributed by atoms with Crippen LogP contribution in [0.2, 0.25) is 5.02 Å². The van der Waals surface area contributed by atoms with Crippen LogP contribution in [0.15, 0.2) is 96.6 Å². The number of nitrogens with one attached hydrogen (secondary N) is 1. The number of urea groups is 1. The summed E-state index contributed by atoms with van der Waals surface area (Å²) in [6, 6.07) is 29.0. The first-order chi connectivity index (χ1) is 22.4. The molecular formula is C38H34ClN3O4. The Bertz CT molecular complexity index is 1780. The Labute approximate surface area is 273 Å². The Morgan fingerprint density at radius 1 is 0.848 bits per heavy atom. The number of halogens is 1. The van der Waals surface area contributed by atoms with Crippen molar-refractivity contribution in [3.05, 3.63) is 129 Å². The van der Waals surface area contributed by atoms with Gasteiger partial charge >= 0.3 is 6.03 Å². The molecule has 7 nitrogen and oxygen atoms in total. The Balaban J connectivity index is 1.34. The van der Waals surface area contributed by atoms with Crippen molar-refractivity contribution < 1.29 is 19.1 Å². The van der Waals surface area contributed by atoms with E-state index in [1.807, 2.05) is 55.5 Å². The van der Waals surface area contributed by atoms with Crippen LogP contribution in [0.5, 0.6) is 5.75 Å². The zero-order chi connectivity index (χ0) is 31.8. The molecule has 1 saturated heterocycles. The van der Waals surface area contributed by atoms with Crippen molar-refractivity contribution in [2.45, 2.75) is 38.0 Å². The lowest BCUT2D eigenvalue weighted by molar-refractivity contribution is -0.122. The third-order valence-electron chi connectivity index (χ3n) is 9.09. The molecule has 3 heterocycles. The molecule has 0 aromatic heterocycles. The van der Waals surface area contributed by atoms with E-state index in [1.165, 1.54) is 22.9 Å². The van der Waals surface area contributed by atoms with Gasteiger partial charge in [-0.05, 0) is 77.4 Å². The van der Waals surface area contributed by atoms with Crippen LogP contribution in [0.1, 0.15) is 65.8 Å². The number of barbiturate groups is 1. The number of amides is 4. The predicted octanol–water partition coefficient (Wildman–Crippen LogP) is 7.67. The van der Waals surface area contributed by atoms with Gasteiger partial charge in [0.05, 0.1) is 17.3 Å². The first-order valence-electron chi connectivity index (χ1n) is 15.8. The average Bonchev–Trinajstić information content (AvgIpc) is 3.07. The van der Waals surface area contributed by atoms with E-state index in [9.17, 15) is 14.4 Å². The lowest BCUT2D eigenvalue weighted by atomic mass is 9.76. The fourth-order valence-corrected chi connectivity index (χ4v) is 7.21. The summed E-state index contributed by atoms with van der Waals surface area (Å²) in [6.07, 6.45) is 4.13. The summed E-state index contributed by atoms with van der Waals surface area (Å²) < 4.78 is 5.67. The van der Waals surface area contributed by atoms with Crippen molar-refractivity contribution in [2.24, 2.45) is 0 Å². The van der Waals surface area contributed by atoms with E-state index < -0.39 is 17.8 Å². The Morgan fingerprint density at radius 3 is 2.02 bits per heavy atom. The van der Waals surface area contributed by atoms with Crippen LogP contribution < -0.4 is 19.9 Å². The topological polar surface area (TPSA) is 79.0 Å². The van der Waals surface area contributed by atoms with Gasteiger partial charge in [0.1, 0.15) is 11.3 Å². The first-order valence-corrected chi connectivity index (χ1v) is 16.2. The molecule has 4 amide bonds. The second-order valence-electron chi connectivity index (χ2n) is 12.0. The number of ether oxygens (including phenoxy) is 1.